The van der Waals surface area contributed by atoms with Crippen LogP contribution in [0.3, 0.4) is 0 Å². The molecule has 2 rings (SSSR count). The van der Waals surface area contributed by atoms with Crippen molar-refractivity contribution in [1.82, 2.24) is 10.4 Å². The summed E-state index contributed by atoms with van der Waals surface area (Å²) >= 11 is 0. The van der Waals surface area contributed by atoms with E-state index in [1.807, 2.05) is 0 Å². The van der Waals surface area contributed by atoms with Gasteiger partial charge in [-0.1, -0.05) is 0 Å². The van der Waals surface area contributed by atoms with Crippen LogP contribution in [0.2, 0.25) is 0 Å². The minimum atomic E-state index is -0.409. The number of hydrazone groups is 1. The standard InChI is InChI=1S/C19H23N3O5/c1-5-26-19(24)18-12(2)16(21-13(18)3)10-20-22-17(23)11-27-15-8-6-14(25-4)7-9-15/h6-10,21H,5,11H2,1-4H3,(H,22,23)/b20-10+. The number of methoxy groups -OCH3 is 1. The Morgan fingerprint density at radius 2 is 1.85 bits per heavy atom. The third kappa shape index (κ3) is 5.34. The molecular weight excluding hydrogens is 350 g/mol. The molecule has 1 heterocycles. The Kier molecular flexibility index (Phi) is 6.99. The van der Waals surface area contributed by atoms with Crippen molar-refractivity contribution in [1.29, 1.82) is 0 Å². The van der Waals surface area contributed by atoms with E-state index < -0.39 is 5.91 Å². The number of hydrogen-bond donors (Lipinski definition) is 2. The summed E-state index contributed by atoms with van der Waals surface area (Å²) in [5.74, 6) is 0.453. The van der Waals surface area contributed by atoms with Gasteiger partial charge in [-0.25, -0.2) is 10.2 Å². The fraction of sp³-hybridized carbons (Fsp3) is 0.316. The van der Waals surface area contributed by atoms with Crippen molar-refractivity contribution < 1.29 is 23.8 Å². The largest absolute Gasteiger partial charge is 0.497 e. The third-order valence-electron chi connectivity index (χ3n) is 3.77. The summed E-state index contributed by atoms with van der Waals surface area (Å²) in [6.07, 6.45) is 1.44. The molecule has 144 valence electrons. The van der Waals surface area contributed by atoms with Gasteiger partial charge in [-0.3, -0.25) is 4.79 Å². The molecule has 0 saturated carbocycles. The predicted molar refractivity (Wildman–Crippen MR) is 100 cm³/mol. The summed E-state index contributed by atoms with van der Waals surface area (Å²) in [5, 5.41) is 3.89. The maximum absolute atomic E-state index is 12.0. The fourth-order valence-corrected chi connectivity index (χ4v) is 2.43. The number of nitrogens with one attached hydrogen (secondary N) is 2. The highest BCUT2D eigenvalue weighted by molar-refractivity contribution is 5.96. The third-order valence-corrected chi connectivity index (χ3v) is 3.77. The number of esters is 1. The fourth-order valence-electron chi connectivity index (χ4n) is 2.43. The molecule has 27 heavy (non-hydrogen) atoms. The number of rotatable bonds is 8. The van der Waals surface area contributed by atoms with E-state index in [4.69, 9.17) is 14.2 Å². The lowest BCUT2D eigenvalue weighted by atomic mass is 10.1. The normalized spacial score (nSPS) is 10.7. The molecule has 0 fully saturated rings. The summed E-state index contributed by atoms with van der Waals surface area (Å²) < 4.78 is 15.5. The van der Waals surface area contributed by atoms with Crippen LogP contribution in [0.25, 0.3) is 0 Å². The van der Waals surface area contributed by atoms with Crippen LogP contribution in [-0.4, -0.2) is 43.4 Å². The van der Waals surface area contributed by atoms with Gasteiger partial charge in [0.25, 0.3) is 5.91 Å². The molecule has 0 aliphatic heterocycles. The second-order valence-corrected chi connectivity index (χ2v) is 5.64. The van der Waals surface area contributed by atoms with Crippen LogP contribution in [0.5, 0.6) is 11.5 Å². The Bertz CT molecular complexity index is 825. The Balaban J connectivity index is 1.90. The first kappa shape index (κ1) is 20.0. The van der Waals surface area contributed by atoms with Crippen LogP contribution in [0.1, 0.15) is 34.2 Å². The zero-order valence-corrected chi connectivity index (χ0v) is 15.8. The average Bonchev–Trinajstić information content (AvgIpc) is 2.94. The van der Waals surface area contributed by atoms with Gasteiger partial charge >= 0.3 is 5.97 Å². The molecule has 0 atom stereocenters. The molecule has 0 aliphatic carbocycles. The summed E-state index contributed by atoms with van der Waals surface area (Å²) in [5.41, 5.74) is 4.86. The number of carbonyl (C=O) groups excluding carboxylic acids is 2. The number of amides is 1. The van der Waals surface area contributed by atoms with Gasteiger partial charge in [-0.15, -0.1) is 0 Å². The van der Waals surface area contributed by atoms with E-state index in [1.165, 1.54) is 6.21 Å². The van der Waals surface area contributed by atoms with Crippen LogP contribution in [0, 0.1) is 13.8 Å². The quantitative estimate of drug-likeness (QED) is 0.420. The highest BCUT2D eigenvalue weighted by Crippen LogP contribution is 2.18. The van der Waals surface area contributed by atoms with E-state index in [9.17, 15) is 9.59 Å². The van der Waals surface area contributed by atoms with E-state index in [0.717, 1.165) is 0 Å². The number of aromatic nitrogens is 1. The van der Waals surface area contributed by atoms with Gasteiger partial charge in [0.1, 0.15) is 11.5 Å². The van der Waals surface area contributed by atoms with Crippen molar-refractivity contribution >= 4 is 18.1 Å². The first-order valence-electron chi connectivity index (χ1n) is 8.41. The first-order valence-corrected chi connectivity index (χ1v) is 8.41. The highest BCUT2D eigenvalue weighted by atomic mass is 16.5. The Morgan fingerprint density at radius 3 is 2.48 bits per heavy atom. The molecule has 0 bridgehead atoms. The van der Waals surface area contributed by atoms with E-state index in [1.54, 1.807) is 52.1 Å². The molecule has 0 radical (unpaired) electrons. The van der Waals surface area contributed by atoms with E-state index >= 15 is 0 Å². The molecule has 0 unspecified atom stereocenters. The van der Waals surface area contributed by atoms with Crippen molar-refractivity contribution in [3.05, 3.63) is 46.8 Å². The van der Waals surface area contributed by atoms with Gasteiger partial charge in [0.05, 0.1) is 31.2 Å². The average molecular weight is 373 g/mol. The number of hydrogen-bond acceptors (Lipinski definition) is 6. The van der Waals surface area contributed by atoms with Crippen LogP contribution in [0.4, 0.5) is 0 Å². The Morgan fingerprint density at radius 1 is 1.19 bits per heavy atom. The van der Waals surface area contributed by atoms with Gasteiger partial charge in [-0.2, -0.15) is 5.10 Å². The number of aromatic amines is 1. The summed E-state index contributed by atoms with van der Waals surface area (Å²) in [6, 6.07) is 6.89. The van der Waals surface area contributed by atoms with Crippen molar-refractivity contribution in [3.63, 3.8) is 0 Å². The Labute approximate surface area is 157 Å². The van der Waals surface area contributed by atoms with Crippen molar-refractivity contribution in [2.75, 3.05) is 20.3 Å². The molecular formula is C19H23N3O5. The zero-order chi connectivity index (χ0) is 19.8. The number of aryl methyl sites for hydroxylation is 1. The van der Waals surface area contributed by atoms with Gasteiger partial charge in [0.15, 0.2) is 6.61 Å². The summed E-state index contributed by atoms with van der Waals surface area (Å²) in [4.78, 5) is 26.8. The number of ether oxygens (including phenoxy) is 3. The summed E-state index contributed by atoms with van der Waals surface area (Å²) in [6.45, 7) is 5.43. The molecule has 1 aromatic carbocycles. The molecule has 1 aromatic heterocycles. The van der Waals surface area contributed by atoms with Gasteiger partial charge in [-0.05, 0) is 50.6 Å². The zero-order valence-electron chi connectivity index (χ0n) is 15.8. The summed E-state index contributed by atoms with van der Waals surface area (Å²) in [7, 11) is 1.57. The Hall–Kier alpha value is -3.29. The van der Waals surface area contributed by atoms with Crippen molar-refractivity contribution in [2.24, 2.45) is 5.10 Å². The lowest BCUT2D eigenvalue weighted by molar-refractivity contribution is -0.123. The second kappa shape index (κ2) is 9.42. The van der Waals surface area contributed by atoms with E-state index in [-0.39, 0.29) is 12.6 Å². The smallest absolute Gasteiger partial charge is 0.340 e. The van der Waals surface area contributed by atoms with Crippen LogP contribution in [-0.2, 0) is 9.53 Å². The lowest BCUT2D eigenvalue weighted by Crippen LogP contribution is -2.24. The molecule has 0 spiro atoms. The maximum Gasteiger partial charge on any atom is 0.340 e. The van der Waals surface area contributed by atoms with Gasteiger partial charge in [0.2, 0.25) is 0 Å². The van der Waals surface area contributed by atoms with Crippen LogP contribution in [0.15, 0.2) is 29.4 Å². The topological polar surface area (TPSA) is 102 Å². The monoisotopic (exact) mass is 373 g/mol. The predicted octanol–water partition coefficient (Wildman–Crippen LogP) is 2.35. The molecule has 8 heteroatoms. The van der Waals surface area contributed by atoms with Gasteiger partial charge in [0, 0.05) is 5.69 Å². The first-order chi connectivity index (χ1) is 13.0. The molecule has 2 aromatic rings. The van der Waals surface area contributed by atoms with Crippen molar-refractivity contribution in [3.8, 4) is 11.5 Å². The van der Waals surface area contributed by atoms with Crippen LogP contribution < -0.4 is 14.9 Å². The minimum Gasteiger partial charge on any atom is -0.497 e. The minimum absolute atomic E-state index is 0.180. The second-order valence-electron chi connectivity index (χ2n) is 5.64. The van der Waals surface area contributed by atoms with Crippen LogP contribution >= 0.6 is 0 Å². The SMILES string of the molecule is CCOC(=O)c1c(C)[nH]c(/C=N/NC(=O)COc2ccc(OC)cc2)c1C. The molecule has 0 aliphatic rings. The molecule has 2 N–H and O–H groups in total. The van der Waals surface area contributed by atoms with Gasteiger partial charge < -0.3 is 19.2 Å². The number of nitrogens with zero attached hydrogens (tertiary/aromatic N) is 1. The van der Waals surface area contributed by atoms with Crippen molar-refractivity contribution in [2.45, 2.75) is 20.8 Å². The maximum atomic E-state index is 12.0. The number of H-pyrrole nitrogens is 1. The highest BCUT2D eigenvalue weighted by Gasteiger charge is 2.18. The molecule has 0 saturated heterocycles. The number of carbonyl (C=O) groups is 2. The van der Waals surface area contributed by atoms with E-state index in [0.29, 0.717) is 40.6 Å². The number of benzene rings is 1. The molecule has 1 amide bonds. The lowest BCUT2D eigenvalue weighted by Gasteiger charge is -2.05. The van der Waals surface area contributed by atoms with E-state index in [2.05, 4.69) is 15.5 Å². The molecule has 8 nitrogen and oxygen atoms in total.